The van der Waals surface area contributed by atoms with Crippen molar-refractivity contribution in [3.8, 4) is 5.75 Å². The number of hydrogen-bond acceptors (Lipinski definition) is 4. The van der Waals surface area contributed by atoms with Crippen molar-refractivity contribution >= 4 is 17.3 Å². The van der Waals surface area contributed by atoms with Crippen LogP contribution in [0.1, 0.15) is 16.8 Å². The summed E-state index contributed by atoms with van der Waals surface area (Å²) in [4.78, 5) is 14.5. The summed E-state index contributed by atoms with van der Waals surface area (Å²) in [6.07, 6.45) is 1.26. The number of likely N-dealkylation sites (tertiary alicyclic amines) is 1. The van der Waals surface area contributed by atoms with Crippen LogP contribution in [-0.2, 0) is 0 Å². The number of nitrogens with one attached hydrogen (secondary N) is 1. The Morgan fingerprint density at radius 1 is 1.22 bits per heavy atom. The topological polar surface area (TPSA) is 67.6 Å². The van der Waals surface area contributed by atoms with Gasteiger partial charge in [0.15, 0.2) is 0 Å². The van der Waals surface area contributed by atoms with E-state index in [9.17, 15) is 4.79 Å². The predicted molar refractivity (Wildman–Crippen MR) is 91.8 cm³/mol. The van der Waals surface area contributed by atoms with Crippen molar-refractivity contribution in [1.82, 2.24) is 4.90 Å². The third-order valence-corrected chi connectivity index (χ3v) is 3.98. The van der Waals surface area contributed by atoms with Crippen molar-refractivity contribution in [2.75, 3.05) is 31.2 Å². The number of nitrogens with zero attached hydrogens (tertiary/aromatic N) is 1. The van der Waals surface area contributed by atoms with E-state index in [2.05, 4.69) is 17.3 Å². The standard InChI is InChI=1S/C18H21N3O2/c1-21-11-10-15(12-21)23-14-8-6-13(7-9-14)18(22)20-17-5-3-2-4-16(17)19/h2-9,15H,10-12,19H2,1H3,(H,20,22)/t15-/m0/s1. The zero-order valence-corrected chi connectivity index (χ0v) is 13.2. The smallest absolute Gasteiger partial charge is 0.255 e. The van der Waals surface area contributed by atoms with Gasteiger partial charge in [0.25, 0.3) is 5.91 Å². The third kappa shape index (κ3) is 3.81. The first-order chi connectivity index (χ1) is 11.1. The second kappa shape index (κ2) is 6.71. The van der Waals surface area contributed by atoms with E-state index in [-0.39, 0.29) is 12.0 Å². The van der Waals surface area contributed by atoms with Gasteiger partial charge in [-0.1, -0.05) is 12.1 Å². The molecule has 1 aliphatic heterocycles. The lowest BCUT2D eigenvalue weighted by Gasteiger charge is -2.14. The van der Waals surface area contributed by atoms with Gasteiger partial charge in [-0.3, -0.25) is 4.79 Å². The van der Waals surface area contributed by atoms with Crippen molar-refractivity contribution in [3.63, 3.8) is 0 Å². The Labute approximate surface area is 136 Å². The van der Waals surface area contributed by atoms with Crippen LogP contribution in [0, 0.1) is 0 Å². The van der Waals surface area contributed by atoms with Crippen molar-refractivity contribution < 1.29 is 9.53 Å². The van der Waals surface area contributed by atoms with Crippen LogP contribution >= 0.6 is 0 Å². The molecule has 2 aromatic carbocycles. The highest BCUT2D eigenvalue weighted by atomic mass is 16.5. The van der Waals surface area contributed by atoms with E-state index in [4.69, 9.17) is 10.5 Å². The van der Waals surface area contributed by atoms with Crippen LogP contribution in [0.15, 0.2) is 48.5 Å². The van der Waals surface area contributed by atoms with Crippen LogP contribution in [0.2, 0.25) is 0 Å². The van der Waals surface area contributed by atoms with Gasteiger partial charge in [0.05, 0.1) is 11.4 Å². The van der Waals surface area contributed by atoms with Crippen LogP contribution in [0.5, 0.6) is 5.75 Å². The quantitative estimate of drug-likeness (QED) is 0.852. The molecule has 3 N–H and O–H groups in total. The highest BCUT2D eigenvalue weighted by Crippen LogP contribution is 2.20. The number of likely N-dealkylation sites (N-methyl/N-ethyl adjacent to an activating group) is 1. The van der Waals surface area contributed by atoms with Gasteiger partial charge in [-0.05, 0) is 49.9 Å². The van der Waals surface area contributed by atoms with E-state index in [0.29, 0.717) is 16.9 Å². The van der Waals surface area contributed by atoms with Crippen LogP contribution in [-0.4, -0.2) is 37.0 Å². The number of anilines is 2. The molecule has 5 nitrogen and oxygen atoms in total. The summed E-state index contributed by atoms with van der Waals surface area (Å²) in [6, 6.07) is 14.4. The molecule has 1 amide bonds. The van der Waals surface area contributed by atoms with E-state index in [1.165, 1.54) is 0 Å². The van der Waals surface area contributed by atoms with E-state index in [1.54, 1.807) is 24.3 Å². The molecule has 1 aliphatic rings. The zero-order chi connectivity index (χ0) is 16.2. The lowest BCUT2D eigenvalue weighted by molar-refractivity contribution is 0.102. The minimum absolute atomic E-state index is 0.185. The number of carbonyl (C=O) groups excluding carboxylic acids is 1. The highest BCUT2D eigenvalue weighted by molar-refractivity contribution is 6.05. The molecule has 0 radical (unpaired) electrons. The fourth-order valence-electron chi connectivity index (χ4n) is 2.67. The minimum atomic E-state index is -0.185. The second-order valence-corrected chi connectivity index (χ2v) is 5.86. The number of hydrogen-bond donors (Lipinski definition) is 2. The van der Waals surface area contributed by atoms with Gasteiger partial charge in [0.2, 0.25) is 0 Å². The fourth-order valence-corrected chi connectivity index (χ4v) is 2.67. The van der Waals surface area contributed by atoms with Gasteiger partial charge in [0, 0.05) is 18.7 Å². The molecule has 0 saturated carbocycles. The molecule has 3 rings (SSSR count). The van der Waals surface area contributed by atoms with Gasteiger partial charge in [-0.2, -0.15) is 0 Å². The Morgan fingerprint density at radius 2 is 1.96 bits per heavy atom. The third-order valence-electron chi connectivity index (χ3n) is 3.98. The van der Waals surface area contributed by atoms with E-state index < -0.39 is 0 Å². The summed E-state index contributed by atoms with van der Waals surface area (Å²) in [6.45, 7) is 2.00. The maximum Gasteiger partial charge on any atom is 0.255 e. The van der Waals surface area contributed by atoms with Crippen molar-refractivity contribution in [2.45, 2.75) is 12.5 Å². The first-order valence-electron chi connectivity index (χ1n) is 7.73. The SMILES string of the molecule is CN1CC[C@H](Oc2ccc(C(=O)Nc3ccccc3N)cc2)C1. The van der Waals surface area contributed by atoms with E-state index in [0.717, 1.165) is 25.3 Å². The monoisotopic (exact) mass is 311 g/mol. The first-order valence-corrected chi connectivity index (χ1v) is 7.73. The van der Waals surface area contributed by atoms with E-state index in [1.807, 2.05) is 24.3 Å². The summed E-state index contributed by atoms with van der Waals surface area (Å²) in [7, 11) is 2.09. The summed E-state index contributed by atoms with van der Waals surface area (Å²) >= 11 is 0. The van der Waals surface area contributed by atoms with Crippen LogP contribution in [0.3, 0.4) is 0 Å². The average molecular weight is 311 g/mol. The molecule has 120 valence electrons. The number of nitrogen functional groups attached to an aromatic ring is 1. The first kappa shape index (κ1) is 15.4. The number of benzene rings is 2. The molecular formula is C18H21N3O2. The van der Waals surface area contributed by atoms with Crippen molar-refractivity contribution in [2.24, 2.45) is 0 Å². The van der Waals surface area contributed by atoms with Gasteiger partial charge < -0.3 is 20.7 Å². The zero-order valence-electron chi connectivity index (χ0n) is 13.2. The maximum atomic E-state index is 12.3. The Morgan fingerprint density at radius 3 is 2.61 bits per heavy atom. The lowest BCUT2D eigenvalue weighted by atomic mass is 10.2. The molecule has 0 spiro atoms. The molecule has 5 heteroatoms. The normalized spacial score (nSPS) is 17.9. The minimum Gasteiger partial charge on any atom is -0.489 e. The predicted octanol–water partition coefficient (Wildman–Crippen LogP) is 2.60. The van der Waals surface area contributed by atoms with E-state index >= 15 is 0 Å². The number of para-hydroxylation sites is 2. The molecule has 1 atom stereocenters. The van der Waals surface area contributed by atoms with Crippen molar-refractivity contribution in [3.05, 3.63) is 54.1 Å². The largest absolute Gasteiger partial charge is 0.489 e. The molecule has 1 saturated heterocycles. The summed E-state index contributed by atoms with van der Waals surface area (Å²) in [5.74, 6) is 0.608. The summed E-state index contributed by atoms with van der Waals surface area (Å²) in [5, 5.41) is 2.81. The Kier molecular flexibility index (Phi) is 4.48. The molecule has 0 bridgehead atoms. The number of nitrogens with two attached hydrogens (primary N) is 1. The molecular weight excluding hydrogens is 290 g/mol. The molecule has 0 aromatic heterocycles. The molecule has 0 unspecified atom stereocenters. The number of carbonyl (C=O) groups is 1. The maximum absolute atomic E-state index is 12.3. The number of ether oxygens (including phenoxy) is 1. The highest BCUT2D eigenvalue weighted by Gasteiger charge is 2.20. The van der Waals surface area contributed by atoms with Gasteiger partial charge >= 0.3 is 0 Å². The fraction of sp³-hybridized carbons (Fsp3) is 0.278. The second-order valence-electron chi connectivity index (χ2n) is 5.86. The molecule has 23 heavy (non-hydrogen) atoms. The Balaban J connectivity index is 1.62. The van der Waals surface area contributed by atoms with Gasteiger partial charge in [-0.15, -0.1) is 0 Å². The summed E-state index contributed by atoms with van der Waals surface area (Å²) in [5.41, 5.74) is 7.57. The Bertz CT molecular complexity index is 685. The molecule has 0 aliphatic carbocycles. The molecule has 1 fully saturated rings. The van der Waals surface area contributed by atoms with Crippen LogP contribution in [0.25, 0.3) is 0 Å². The van der Waals surface area contributed by atoms with Crippen LogP contribution in [0.4, 0.5) is 11.4 Å². The van der Waals surface area contributed by atoms with Gasteiger partial charge in [-0.25, -0.2) is 0 Å². The van der Waals surface area contributed by atoms with Crippen molar-refractivity contribution in [1.29, 1.82) is 0 Å². The summed E-state index contributed by atoms with van der Waals surface area (Å²) < 4.78 is 5.92. The Hall–Kier alpha value is -2.53. The van der Waals surface area contributed by atoms with Gasteiger partial charge in [0.1, 0.15) is 11.9 Å². The molecule has 2 aromatic rings. The number of rotatable bonds is 4. The number of amides is 1. The average Bonchev–Trinajstić information content (AvgIpc) is 2.95. The molecule has 1 heterocycles. The lowest BCUT2D eigenvalue weighted by Crippen LogP contribution is -2.21. The van der Waals surface area contributed by atoms with Crippen LogP contribution < -0.4 is 15.8 Å².